The number of hydrogen-bond donors (Lipinski definition) is 0. The highest BCUT2D eigenvalue weighted by molar-refractivity contribution is 6.01. The van der Waals surface area contributed by atoms with Gasteiger partial charge in [0.1, 0.15) is 24.3 Å². The third kappa shape index (κ3) is 13.2. The maximum absolute atomic E-state index is 13.8. The van der Waals surface area contributed by atoms with Gasteiger partial charge >= 0.3 is 11.9 Å². The molecule has 0 aliphatic carbocycles. The van der Waals surface area contributed by atoms with Crippen LogP contribution in [0.3, 0.4) is 0 Å². The lowest BCUT2D eigenvalue weighted by molar-refractivity contribution is -0.385. The van der Waals surface area contributed by atoms with E-state index in [0.29, 0.717) is 31.3 Å². The summed E-state index contributed by atoms with van der Waals surface area (Å²) < 4.78 is 32.9. The molecule has 0 saturated carbocycles. The lowest BCUT2D eigenvalue weighted by Crippen LogP contribution is -2.38. The second-order valence-corrected chi connectivity index (χ2v) is 13.6. The molecule has 0 aromatic heterocycles. The van der Waals surface area contributed by atoms with Crippen LogP contribution in [0.1, 0.15) is 87.9 Å². The molecule has 18 nitrogen and oxygen atoms in total. The fourth-order valence-corrected chi connectivity index (χ4v) is 6.15. The molecule has 0 N–H and O–H groups in total. The smallest absolute Gasteiger partial charge is 0.302 e. The summed E-state index contributed by atoms with van der Waals surface area (Å²) in [7, 11) is 2.68. The summed E-state index contributed by atoms with van der Waals surface area (Å²) in [5.41, 5.74) is -0.0500. The molecule has 0 radical (unpaired) electrons. The first-order valence-corrected chi connectivity index (χ1v) is 19.1. The Morgan fingerprint density at radius 3 is 1.87 bits per heavy atom. The van der Waals surface area contributed by atoms with Gasteiger partial charge in [-0.1, -0.05) is 24.3 Å². The van der Waals surface area contributed by atoms with E-state index in [9.17, 15) is 39.4 Å². The summed E-state index contributed by atoms with van der Waals surface area (Å²) in [6.45, 7) is 9.49. The zero-order valence-electron chi connectivity index (χ0n) is 35.1. The number of nitro groups is 2. The Morgan fingerprint density at radius 2 is 1.37 bits per heavy atom. The Kier molecular flexibility index (Phi) is 18.3. The van der Waals surface area contributed by atoms with Gasteiger partial charge in [-0.3, -0.25) is 39.4 Å². The van der Waals surface area contributed by atoms with Gasteiger partial charge < -0.3 is 38.2 Å². The first-order chi connectivity index (χ1) is 28.6. The first-order valence-electron chi connectivity index (χ1n) is 19.1. The molecule has 18 heteroatoms. The van der Waals surface area contributed by atoms with E-state index in [1.54, 1.807) is 51.3 Å². The molecule has 324 valence electrons. The van der Waals surface area contributed by atoms with Crippen LogP contribution in [0.4, 0.5) is 11.4 Å². The molecule has 60 heavy (non-hydrogen) atoms. The molecular formula is C42H52N4O14. The van der Waals surface area contributed by atoms with Crippen LogP contribution in [0.25, 0.3) is 0 Å². The number of methoxy groups -OCH3 is 2. The number of carbonyl (C=O) groups excluding carboxylic acids is 4. The highest BCUT2D eigenvalue weighted by Crippen LogP contribution is 2.38. The Labute approximate surface area is 348 Å². The monoisotopic (exact) mass is 836 g/mol. The van der Waals surface area contributed by atoms with Crippen molar-refractivity contribution < 1.29 is 57.4 Å². The second kappa shape index (κ2) is 23.0. The third-order valence-electron chi connectivity index (χ3n) is 9.00. The maximum atomic E-state index is 13.8. The number of nitro benzene ring substituents is 2. The van der Waals surface area contributed by atoms with E-state index in [-0.39, 0.29) is 60.6 Å². The summed E-state index contributed by atoms with van der Waals surface area (Å²) in [4.78, 5) is 76.2. The SMILES string of the molecule is C/C=C/C1=CN(C(=O)c2cc(OC)c(OCCCCCOc3cc([N+](=O)[O-])c(C(=O)N(/C=C(C)/C=C/C)C(C)COC(C)=O)cc3OC)cc2[N+](=O)[O-])C(COC(C)=O)C1. The lowest BCUT2D eigenvalue weighted by Gasteiger charge is -2.26. The molecule has 0 fully saturated rings. The Hall–Kier alpha value is -6.72. The van der Waals surface area contributed by atoms with Crippen LogP contribution < -0.4 is 18.9 Å². The number of carbonyl (C=O) groups is 4. The first kappa shape index (κ1) is 47.7. The summed E-state index contributed by atoms with van der Waals surface area (Å²) in [5, 5.41) is 24.4. The van der Waals surface area contributed by atoms with Crippen molar-refractivity contribution in [2.24, 2.45) is 0 Å². The largest absolute Gasteiger partial charge is 0.493 e. The maximum Gasteiger partial charge on any atom is 0.302 e. The molecule has 3 rings (SSSR count). The Balaban J connectivity index is 1.71. The van der Waals surface area contributed by atoms with Crippen molar-refractivity contribution in [2.45, 2.75) is 79.3 Å². The number of unbranched alkanes of at least 4 members (excludes halogenated alkanes) is 2. The highest BCUT2D eigenvalue weighted by Gasteiger charge is 2.35. The van der Waals surface area contributed by atoms with E-state index in [1.807, 2.05) is 6.92 Å². The molecule has 1 heterocycles. The minimum absolute atomic E-state index is 0.0454. The predicted molar refractivity (Wildman–Crippen MR) is 219 cm³/mol. The molecule has 2 aromatic rings. The molecule has 0 bridgehead atoms. The molecule has 2 atom stereocenters. The topological polar surface area (TPSA) is 216 Å². The summed E-state index contributed by atoms with van der Waals surface area (Å²) in [5.74, 6) is -2.17. The highest BCUT2D eigenvalue weighted by atomic mass is 16.6. The number of hydrogen-bond acceptors (Lipinski definition) is 14. The quantitative estimate of drug-likeness (QED) is 0.0375. The Morgan fingerprint density at radius 1 is 0.817 bits per heavy atom. The molecule has 0 spiro atoms. The average molecular weight is 837 g/mol. The van der Waals surface area contributed by atoms with Crippen LogP contribution in [0, 0.1) is 20.2 Å². The van der Waals surface area contributed by atoms with Crippen LogP contribution in [-0.2, 0) is 19.1 Å². The van der Waals surface area contributed by atoms with E-state index in [2.05, 4.69) is 0 Å². The second-order valence-electron chi connectivity index (χ2n) is 13.6. The minimum Gasteiger partial charge on any atom is -0.493 e. The zero-order valence-corrected chi connectivity index (χ0v) is 35.1. The van der Waals surface area contributed by atoms with Gasteiger partial charge in [-0.15, -0.1) is 0 Å². The predicted octanol–water partition coefficient (Wildman–Crippen LogP) is 7.26. The number of esters is 2. The third-order valence-corrected chi connectivity index (χ3v) is 9.00. The van der Waals surface area contributed by atoms with Gasteiger partial charge in [-0.25, -0.2) is 0 Å². The lowest BCUT2D eigenvalue weighted by atomic mass is 10.1. The summed E-state index contributed by atoms with van der Waals surface area (Å²) in [6.07, 6.45) is 12.1. The van der Waals surface area contributed by atoms with Crippen molar-refractivity contribution in [1.82, 2.24) is 9.80 Å². The minimum atomic E-state index is -0.717. The number of amides is 2. The summed E-state index contributed by atoms with van der Waals surface area (Å²) >= 11 is 0. The fourth-order valence-electron chi connectivity index (χ4n) is 6.15. The molecule has 1 aliphatic heterocycles. The van der Waals surface area contributed by atoms with Gasteiger partial charge in [-0.05, 0) is 64.5 Å². The Bertz CT molecular complexity index is 2040. The van der Waals surface area contributed by atoms with E-state index in [0.717, 1.165) is 17.7 Å². The van der Waals surface area contributed by atoms with Crippen molar-refractivity contribution in [3.8, 4) is 23.0 Å². The number of allylic oxidation sites excluding steroid dienone is 5. The van der Waals surface area contributed by atoms with Crippen LogP contribution >= 0.6 is 0 Å². The molecule has 2 unspecified atom stereocenters. The number of rotatable bonds is 22. The molecule has 0 saturated heterocycles. The van der Waals surface area contributed by atoms with E-state index >= 15 is 0 Å². The van der Waals surface area contributed by atoms with Gasteiger partial charge in [-0.2, -0.15) is 0 Å². The van der Waals surface area contributed by atoms with E-state index < -0.39 is 57.1 Å². The molecule has 1 aliphatic rings. The van der Waals surface area contributed by atoms with E-state index in [4.69, 9.17) is 28.4 Å². The average Bonchev–Trinajstić information content (AvgIpc) is 3.62. The van der Waals surface area contributed by atoms with Crippen LogP contribution in [0.15, 0.2) is 72.1 Å². The number of ether oxygens (including phenoxy) is 6. The van der Waals surface area contributed by atoms with Crippen LogP contribution in [0.5, 0.6) is 23.0 Å². The van der Waals surface area contributed by atoms with Gasteiger partial charge in [0.05, 0.1) is 61.5 Å². The van der Waals surface area contributed by atoms with Crippen molar-refractivity contribution in [2.75, 3.05) is 40.6 Å². The van der Waals surface area contributed by atoms with Gasteiger partial charge in [0.25, 0.3) is 23.2 Å². The zero-order chi connectivity index (χ0) is 44.5. The van der Waals surface area contributed by atoms with Crippen molar-refractivity contribution >= 4 is 35.1 Å². The van der Waals surface area contributed by atoms with Gasteiger partial charge in [0.2, 0.25) is 0 Å². The number of nitrogens with zero attached hydrogens (tertiary/aromatic N) is 4. The molecule has 2 amide bonds. The molecular weight excluding hydrogens is 784 g/mol. The van der Waals surface area contributed by atoms with Gasteiger partial charge in [0.15, 0.2) is 23.0 Å². The van der Waals surface area contributed by atoms with Crippen LogP contribution in [0.2, 0.25) is 0 Å². The molecule has 2 aromatic carbocycles. The number of benzene rings is 2. The van der Waals surface area contributed by atoms with Crippen molar-refractivity contribution in [3.63, 3.8) is 0 Å². The normalized spacial score (nSPS) is 14.4. The van der Waals surface area contributed by atoms with Crippen molar-refractivity contribution in [3.05, 3.63) is 103 Å². The standard InChI is InChI=1S/C42H52N4O14/c1-9-14-27(3)23-43(28(4)25-59-29(5)47)41(49)33-19-37(55-7)39(21-35(33)45(51)52)57-16-12-11-13-17-58-40-22-36(46(53)54)34(20-38(40)56-8)42(50)44-24-31(15-10-2)18-32(44)26-60-30(6)48/h9-10,14-15,19-24,28,32H,11-13,16-18,25-26H2,1-8H3/b14-9+,15-10+,27-23+. The van der Waals surface area contributed by atoms with E-state index in [1.165, 1.54) is 56.2 Å². The van der Waals surface area contributed by atoms with Gasteiger partial charge in [0, 0.05) is 38.4 Å². The van der Waals surface area contributed by atoms with Crippen molar-refractivity contribution in [1.29, 1.82) is 0 Å². The van der Waals surface area contributed by atoms with Crippen LogP contribution in [-0.4, -0.2) is 96.1 Å². The summed E-state index contributed by atoms with van der Waals surface area (Å²) in [6, 6.07) is 3.52. The fraction of sp³-hybridized carbons (Fsp3) is 0.429.